The Morgan fingerprint density at radius 1 is 1.47 bits per heavy atom. The molecule has 0 fully saturated rings. The molecule has 0 radical (unpaired) electrons. The quantitative estimate of drug-likeness (QED) is 0.325. The number of non-ortho nitro benzene ring substituents is 1. The standard InChI is InChI=1S/C10H12FN3O5/c11-6-2-4(14(18)19)1-5(9(6)13)10(17)7(15)3-8(12)16/h1-2,7,10,15,17H,3,13H2,(H2,12,16). The number of benzene rings is 1. The Kier molecular flexibility index (Phi) is 4.35. The van der Waals surface area contributed by atoms with Crippen LogP contribution >= 0.6 is 0 Å². The van der Waals surface area contributed by atoms with Gasteiger partial charge in [0.05, 0.1) is 29.2 Å². The van der Waals surface area contributed by atoms with Gasteiger partial charge in [0.15, 0.2) is 5.82 Å². The second-order valence-corrected chi connectivity index (χ2v) is 3.87. The first kappa shape index (κ1) is 14.8. The summed E-state index contributed by atoms with van der Waals surface area (Å²) in [6, 6.07) is 1.42. The second kappa shape index (κ2) is 5.59. The van der Waals surface area contributed by atoms with Crippen LogP contribution in [0.25, 0.3) is 0 Å². The van der Waals surface area contributed by atoms with Crippen LogP contribution < -0.4 is 11.5 Å². The summed E-state index contributed by atoms with van der Waals surface area (Å²) in [4.78, 5) is 20.3. The zero-order chi connectivity index (χ0) is 14.7. The number of nitro benzene ring substituents is 1. The molecule has 0 aliphatic rings. The number of anilines is 1. The summed E-state index contributed by atoms with van der Waals surface area (Å²) >= 11 is 0. The van der Waals surface area contributed by atoms with Crippen LogP contribution in [0.15, 0.2) is 12.1 Å². The predicted octanol–water partition coefficient (Wildman–Crippen LogP) is -0.414. The Bertz CT molecular complexity index is 522. The summed E-state index contributed by atoms with van der Waals surface area (Å²) in [5.41, 5.74) is 8.62. The molecule has 1 rings (SSSR count). The first-order valence-corrected chi connectivity index (χ1v) is 5.11. The molecule has 9 heteroatoms. The molecule has 104 valence electrons. The summed E-state index contributed by atoms with van der Waals surface area (Å²) in [7, 11) is 0. The monoisotopic (exact) mass is 273 g/mol. The Labute approximate surface area is 106 Å². The van der Waals surface area contributed by atoms with Crippen molar-refractivity contribution < 1.29 is 24.3 Å². The largest absolute Gasteiger partial charge is 0.396 e. The lowest BCUT2D eigenvalue weighted by atomic mass is 9.99. The van der Waals surface area contributed by atoms with E-state index in [1.165, 1.54) is 0 Å². The predicted molar refractivity (Wildman–Crippen MR) is 62.2 cm³/mol. The van der Waals surface area contributed by atoms with Crippen molar-refractivity contribution in [2.45, 2.75) is 18.6 Å². The fourth-order valence-electron chi connectivity index (χ4n) is 1.50. The van der Waals surface area contributed by atoms with Crippen LogP contribution in [-0.2, 0) is 4.79 Å². The van der Waals surface area contributed by atoms with Gasteiger partial charge in [-0.2, -0.15) is 0 Å². The van der Waals surface area contributed by atoms with Gasteiger partial charge in [-0.1, -0.05) is 0 Å². The van der Waals surface area contributed by atoms with Crippen molar-refractivity contribution >= 4 is 17.3 Å². The first-order valence-electron chi connectivity index (χ1n) is 5.11. The van der Waals surface area contributed by atoms with Crippen molar-refractivity contribution in [3.8, 4) is 0 Å². The molecule has 19 heavy (non-hydrogen) atoms. The molecule has 0 saturated heterocycles. The second-order valence-electron chi connectivity index (χ2n) is 3.87. The maximum atomic E-state index is 13.4. The Morgan fingerprint density at radius 3 is 2.53 bits per heavy atom. The van der Waals surface area contributed by atoms with Crippen molar-refractivity contribution in [3.05, 3.63) is 33.6 Å². The summed E-state index contributed by atoms with van der Waals surface area (Å²) < 4.78 is 13.4. The minimum Gasteiger partial charge on any atom is -0.396 e. The molecule has 0 spiro atoms. The fourth-order valence-corrected chi connectivity index (χ4v) is 1.50. The average molecular weight is 273 g/mol. The highest BCUT2D eigenvalue weighted by atomic mass is 19.1. The number of hydrogen-bond acceptors (Lipinski definition) is 6. The van der Waals surface area contributed by atoms with Crippen LogP contribution in [0.4, 0.5) is 15.8 Å². The van der Waals surface area contributed by atoms with Crippen molar-refractivity contribution in [3.63, 3.8) is 0 Å². The van der Waals surface area contributed by atoms with E-state index in [9.17, 15) is 29.5 Å². The number of nitrogens with two attached hydrogens (primary N) is 2. The van der Waals surface area contributed by atoms with E-state index in [0.29, 0.717) is 6.07 Å². The number of halogens is 1. The van der Waals surface area contributed by atoms with Crippen LogP contribution in [0.2, 0.25) is 0 Å². The van der Waals surface area contributed by atoms with Gasteiger partial charge in [-0.05, 0) is 0 Å². The number of carbonyl (C=O) groups excluding carboxylic acids is 1. The first-order chi connectivity index (χ1) is 8.73. The molecule has 6 N–H and O–H groups in total. The number of primary amides is 1. The van der Waals surface area contributed by atoms with Crippen LogP contribution in [0.1, 0.15) is 18.1 Å². The van der Waals surface area contributed by atoms with Gasteiger partial charge < -0.3 is 21.7 Å². The molecule has 0 bridgehead atoms. The van der Waals surface area contributed by atoms with Gasteiger partial charge in [-0.3, -0.25) is 14.9 Å². The molecule has 1 aromatic rings. The van der Waals surface area contributed by atoms with E-state index >= 15 is 0 Å². The molecule has 0 aliphatic carbocycles. The number of nitro groups is 1. The van der Waals surface area contributed by atoms with E-state index in [1.54, 1.807) is 0 Å². The topological polar surface area (TPSA) is 153 Å². The molecule has 8 nitrogen and oxygen atoms in total. The van der Waals surface area contributed by atoms with Gasteiger partial charge >= 0.3 is 0 Å². The third-order valence-electron chi connectivity index (χ3n) is 2.45. The highest BCUT2D eigenvalue weighted by molar-refractivity contribution is 5.74. The van der Waals surface area contributed by atoms with Crippen molar-refractivity contribution in [2.75, 3.05) is 5.73 Å². The molecular formula is C10H12FN3O5. The van der Waals surface area contributed by atoms with E-state index in [-0.39, 0.29) is 5.56 Å². The lowest BCUT2D eigenvalue weighted by Gasteiger charge is -2.18. The summed E-state index contributed by atoms with van der Waals surface area (Å²) in [5, 5.41) is 29.8. The summed E-state index contributed by atoms with van der Waals surface area (Å²) in [5.74, 6) is -1.99. The van der Waals surface area contributed by atoms with Gasteiger partial charge in [0.1, 0.15) is 6.10 Å². The van der Waals surface area contributed by atoms with Crippen molar-refractivity contribution in [1.29, 1.82) is 0 Å². The number of nitrogen functional groups attached to an aromatic ring is 1. The number of aliphatic hydroxyl groups excluding tert-OH is 2. The zero-order valence-corrected chi connectivity index (χ0v) is 9.62. The highest BCUT2D eigenvalue weighted by Crippen LogP contribution is 2.30. The summed E-state index contributed by atoms with van der Waals surface area (Å²) in [6.45, 7) is 0. The maximum absolute atomic E-state index is 13.4. The molecule has 0 saturated carbocycles. The molecule has 1 amide bonds. The van der Waals surface area contributed by atoms with E-state index in [0.717, 1.165) is 6.07 Å². The molecular weight excluding hydrogens is 261 g/mol. The van der Waals surface area contributed by atoms with E-state index in [2.05, 4.69) is 0 Å². The summed E-state index contributed by atoms with van der Waals surface area (Å²) in [6.07, 6.45) is -3.99. The highest BCUT2D eigenvalue weighted by Gasteiger charge is 2.26. The minimum absolute atomic E-state index is 0.375. The number of rotatable bonds is 5. The van der Waals surface area contributed by atoms with Crippen LogP contribution in [-0.4, -0.2) is 27.1 Å². The van der Waals surface area contributed by atoms with Crippen LogP contribution in [0, 0.1) is 15.9 Å². The molecule has 0 heterocycles. The van der Waals surface area contributed by atoms with Gasteiger partial charge in [0, 0.05) is 11.6 Å². The Balaban J connectivity index is 3.18. The molecule has 0 aliphatic heterocycles. The number of amides is 1. The maximum Gasteiger partial charge on any atom is 0.272 e. The van der Waals surface area contributed by atoms with E-state index < -0.39 is 46.7 Å². The smallest absolute Gasteiger partial charge is 0.272 e. The molecule has 2 unspecified atom stereocenters. The van der Waals surface area contributed by atoms with Gasteiger partial charge in [-0.25, -0.2) is 4.39 Å². The van der Waals surface area contributed by atoms with Crippen molar-refractivity contribution in [2.24, 2.45) is 5.73 Å². The van der Waals surface area contributed by atoms with Gasteiger partial charge in [0.25, 0.3) is 5.69 Å². The Morgan fingerprint density at radius 2 is 2.05 bits per heavy atom. The molecule has 1 aromatic carbocycles. The van der Waals surface area contributed by atoms with E-state index in [1.807, 2.05) is 0 Å². The van der Waals surface area contributed by atoms with Gasteiger partial charge in [-0.15, -0.1) is 0 Å². The van der Waals surface area contributed by atoms with E-state index in [4.69, 9.17) is 11.5 Å². The normalized spacial score (nSPS) is 13.8. The third-order valence-corrected chi connectivity index (χ3v) is 2.45. The third kappa shape index (κ3) is 3.36. The number of hydrogen-bond donors (Lipinski definition) is 4. The number of carbonyl (C=O) groups is 1. The number of nitrogens with zero attached hydrogens (tertiary/aromatic N) is 1. The lowest BCUT2D eigenvalue weighted by Crippen LogP contribution is -2.26. The van der Waals surface area contributed by atoms with Gasteiger partial charge in [0.2, 0.25) is 5.91 Å². The lowest BCUT2D eigenvalue weighted by molar-refractivity contribution is -0.385. The van der Waals surface area contributed by atoms with Crippen LogP contribution in [0.5, 0.6) is 0 Å². The molecule has 0 aromatic heterocycles. The Hall–Kier alpha value is -2.26. The van der Waals surface area contributed by atoms with Crippen LogP contribution in [0.3, 0.4) is 0 Å². The van der Waals surface area contributed by atoms with Crippen molar-refractivity contribution in [1.82, 2.24) is 0 Å². The minimum atomic E-state index is -1.76. The average Bonchev–Trinajstić information content (AvgIpc) is 2.30. The number of aliphatic hydroxyl groups is 2. The molecule has 2 atom stereocenters. The zero-order valence-electron chi connectivity index (χ0n) is 9.62. The SMILES string of the molecule is NC(=O)CC(O)C(O)c1cc([N+](=O)[O-])cc(F)c1N. The fraction of sp³-hybridized carbons (Fsp3) is 0.300.